The number of nitrogen functional groups attached to an aromatic ring is 1. The average molecular weight is 562 g/mol. The van der Waals surface area contributed by atoms with Crippen molar-refractivity contribution in [3.63, 3.8) is 0 Å². The number of nitrogens with two attached hydrogens (primary N) is 1. The Kier molecular flexibility index (Phi) is 8.18. The summed E-state index contributed by atoms with van der Waals surface area (Å²) in [6.07, 6.45) is 1.23. The molecule has 0 aliphatic heterocycles. The van der Waals surface area contributed by atoms with E-state index in [-0.39, 0.29) is 40.8 Å². The molecule has 4 rings (SSSR count). The second-order valence-electron chi connectivity index (χ2n) is 9.89. The number of urea groups is 1. The van der Waals surface area contributed by atoms with Gasteiger partial charge in [0.05, 0.1) is 27.7 Å². The van der Waals surface area contributed by atoms with Gasteiger partial charge in [-0.2, -0.15) is 5.26 Å². The van der Waals surface area contributed by atoms with E-state index >= 15 is 0 Å². The van der Waals surface area contributed by atoms with Gasteiger partial charge < -0.3 is 26.8 Å². The molecule has 0 spiro atoms. The molecule has 2 amide bonds. The van der Waals surface area contributed by atoms with E-state index in [0.717, 1.165) is 0 Å². The van der Waals surface area contributed by atoms with Crippen molar-refractivity contribution in [2.45, 2.75) is 26.8 Å². The molecule has 2 aromatic heterocycles. The number of halogens is 1. The highest BCUT2D eigenvalue weighted by molar-refractivity contribution is 6.35. The molecule has 0 aliphatic rings. The van der Waals surface area contributed by atoms with Crippen LogP contribution in [0.1, 0.15) is 38.2 Å². The Hall–Kier alpha value is -4.73. The SMILES string of the molecule is CC(Nc1ncnc(N)c1C#N)c1nc2cccc(Cl)c2c(=O)n1-c1cccc(NC(=O)NCC(C)(C)CO)c1. The maximum Gasteiger partial charge on any atom is 0.319 e. The molecular weight excluding hydrogens is 534 g/mol. The highest BCUT2D eigenvalue weighted by Crippen LogP contribution is 2.27. The summed E-state index contributed by atoms with van der Waals surface area (Å²) in [5, 5.41) is 28.0. The Bertz CT molecular complexity index is 1680. The van der Waals surface area contributed by atoms with Crippen molar-refractivity contribution in [3.05, 3.63) is 75.6 Å². The van der Waals surface area contributed by atoms with Crippen LogP contribution >= 0.6 is 11.6 Å². The second kappa shape index (κ2) is 11.6. The maximum atomic E-state index is 13.9. The number of nitriles is 1. The molecule has 13 heteroatoms. The number of aliphatic hydroxyl groups excluding tert-OH is 1. The van der Waals surface area contributed by atoms with E-state index in [0.29, 0.717) is 22.7 Å². The fourth-order valence-corrected chi connectivity index (χ4v) is 4.16. The lowest BCUT2D eigenvalue weighted by Crippen LogP contribution is -2.38. The Morgan fingerprint density at radius 2 is 2.00 bits per heavy atom. The normalized spacial score (nSPS) is 12.0. The summed E-state index contributed by atoms with van der Waals surface area (Å²) < 4.78 is 1.39. The van der Waals surface area contributed by atoms with Gasteiger partial charge in [-0.3, -0.25) is 9.36 Å². The number of nitrogens with zero attached hydrogens (tertiary/aromatic N) is 5. The predicted molar refractivity (Wildman–Crippen MR) is 153 cm³/mol. The van der Waals surface area contributed by atoms with E-state index in [9.17, 15) is 20.0 Å². The maximum absolute atomic E-state index is 13.9. The summed E-state index contributed by atoms with van der Waals surface area (Å²) in [5.74, 6) is 0.502. The van der Waals surface area contributed by atoms with E-state index in [2.05, 4.69) is 25.9 Å². The molecule has 0 aliphatic carbocycles. The zero-order chi connectivity index (χ0) is 29.0. The number of carbonyl (C=O) groups is 1. The van der Waals surface area contributed by atoms with E-state index in [1.807, 2.05) is 19.9 Å². The molecule has 6 N–H and O–H groups in total. The summed E-state index contributed by atoms with van der Waals surface area (Å²) in [5.41, 5.74) is 6.22. The van der Waals surface area contributed by atoms with Crippen LogP contribution in [0.3, 0.4) is 0 Å². The van der Waals surface area contributed by atoms with Crippen LogP contribution in [0.4, 0.5) is 22.1 Å². The van der Waals surface area contributed by atoms with Gasteiger partial charge in [-0.1, -0.05) is 37.6 Å². The third-order valence-electron chi connectivity index (χ3n) is 6.12. The van der Waals surface area contributed by atoms with Crippen molar-refractivity contribution in [2.24, 2.45) is 5.41 Å². The summed E-state index contributed by atoms with van der Waals surface area (Å²) in [6.45, 7) is 5.57. The van der Waals surface area contributed by atoms with Crippen LogP contribution in [0.2, 0.25) is 5.02 Å². The molecule has 0 bridgehead atoms. The fraction of sp³-hybridized carbons (Fsp3) is 0.259. The second-order valence-corrected chi connectivity index (χ2v) is 10.3. The number of anilines is 3. The molecule has 1 atom stereocenters. The molecule has 2 heterocycles. The molecule has 2 aromatic carbocycles. The van der Waals surface area contributed by atoms with Gasteiger partial charge in [0.25, 0.3) is 5.56 Å². The first-order chi connectivity index (χ1) is 19.0. The van der Waals surface area contributed by atoms with Gasteiger partial charge in [0, 0.05) is 24.3 Å². The van der Waals surface area contributed by atoms with Crippen molar-refractivity contribution in [1.29, 1.82) is 5.26 Å². The van der Waals surface area contributed by atoms with Crippen LogP contribution in [-0.2, 0) is 0 Å². The van der Waals surface area contributed by atoms with Gasteiger partial charge in [-0.25, -0.2) is 19.7 Å². The van der Waals surface area contributed by atoms with Crippen molar-refractivity contribution < 1.29 is 9.90 Å². The number of nitrogens with one attached hydrogen (secondary N) is 3. The van der Waals surface area contributed by atoms with E-state index in [1.165, 1.54) is 10.9 Å². The highest BCUT2D eigenvalue weighted by atomic mass is 35.5. The van der Waals surface area contributed by atoms with E-state index < -0.39 is 23.0 Å². The lowest BCUT2D eigenvalue weighted by atomic mass is 9.95. The zero-order valence-corrected chi connectivity index (χ0v) is 22.8. The number of fused-ring (bicyclic) bond motifs is 1. The van der Waals surface area contributed by atoms with E-state index in [1.54, 1.807) is 49.4 Å². The molecular formula is C27H28ClN9O3. The number of carbonyl (C=O) groups excluding carboxylic acids is 1. The van der Waals surface area contributed by atoms with Gasteiger partial charge in [0.15, 0.2) is 0 Å². The predicted octanol–water partition coefficient (Wildman–Crippen LogP) is 3.60. The fourth-order valence-electron chi connectivity index (χ4n) is 3.91. The van der Waals surface area contributed by atoms with Crippen LogP contribution in [-0.4, -0.2) is 43.8 Å². The Morgan fingerprint density at radius 1 is 1.25 bits per heavy atom. The molecule has 206 valence electrons. The van der Waals surface area contributed by atoms with Crippen molar-refractivity contribution in [3.8, 4) is 11.8 Å². The van der Waals surface area contributed by atoms with Gasteiger partial charge in [0.2, 0.25) is 0 Å². The zero-order valence-electron chi connectivity index (χ0n) is 22.1. The number of benzene rings is 2. The molecule has 40 heavy (non-hydrogen) atoms. The molecule has 1 unspecified atom stereocenters. The number of hydrogen-bond donors (Lipinski definition) is 5. The number of rotatable bonds is 8. The minimum absolute atomic E-state index is 0.0160. The lowest BCUT2D eigenvalue weighted by molar-refractivity contribution is 0.158. The quantitative estimate of drug-likeness (QED) is 0.214. The summed E-state index contributed by atoms with van der Waals surface area (Å²) in [4.78, 5) is 39.1. The summed E-state index contributed by atoms with van der Waals surface area (Å²) >= 11 is 6.41. The number of hydrogen-bond acceptors (Lipinski definition) is 9. The molecule has 0 saturated carbocycles. The summed E-state index contributed by atoms with van der Waals surface area (Å²) in [6, 6.07) is 12.6. The monoisotopic (exact) mass is 561 g/mol. The van der Waals surface area contributed by atoms with E-state index in [4.69, 9.17) is 22.3 Å². The standard InChI is InChI=1S/C27H28ClN9O3/c1-15(34-23-18(11-29)22(30)32-14-33-23)24-36-20-9-5-8-19(28)21(20)25(39)37(24)17-7-4-6-16(10-17)35-26(40)31-12-27(2,3)13-38/h4-10,14-15,38H,12-13H2,1-3H3,(H2,31,35,40)(H3,30,32,33,34). The number of amides is 2. The van der Waals surface area contributed by atoms with Gasteiger partial charge >= 0.3 is 6.03 Å². The van der Waals surface area contributed by atoms with Gasteiger partial charge in [-0.15, -0.1) is 0 Å². The Labute approximate surface area is 234 Å². The molecule has 0 radical (unpaired) electrons. The number of aromatic nitrogens is 4. The molecule has 0 fully saturated rings. The lowest BCUT2D eigenvalue weighted by Gasteiger charge is -2.22. The van der Waals surface area contributed by atoms with Crippen LogP contribution in [0.5, 0.6) is 0 Å². The molecule has 4 aromatic rings. The number of aliphatic hydroxyl groups is 1. The molecule has 12 nitrogen and oxygen atoms in total. The minimum atomic E-state index is -0.641. The Balaban J connectivity index is 1.78. The topological polar surface area (TPSA) is 184 Å². The average Bonchev–Trinajstić information content (AvgIpc) is 2.92. The van der Waals surface area contributed by atoms with Crippen LogP contribution in [0.25, 0.3) is 16.6 Å². The van der Waals surface area contributed by atoms with Crippen molar-refractivity contribution in [1.82, 2.24) is 24.8 Å². The largest absolute Gasteiger partial charge is 0.396 e. The first kappa shape index (κ1) is 28.3. The van der Waals surface area contributed by atoms with Crippen LogP contribution in [0.15, 0.2) is 53.6 Å². The highest BCUT2D eigenvalue weighted by Gasteiger charge is 2.22. The van der Waals surface area contributed by atoms with Gasteiger partial charge in [-0.05, 0) is 37.3 Å². The minimum Gasteiger partial charge on any atom is -0.396 e. The van der Waals surface area contributed by atoms with Gasteiger partial charge in [0.1, 0.15) is 35.4 Å². The third-order valence-corrected chi connectivity index (χ3v) is 6.43. The first-order valence-electron chi connectivity index (χ1n) is 12.3. The third kappa shape index (κ3) is 5.96. The molecule has 0 saturated heterocycles. The summed E-state index contributed by atoms with van der Waals surface area (Å²) in [7, 11) is 0. The first-order valence-corrected chi connectivity index (χ1v) is 12.7. The van der Waals surface area contributed by atoms with Crippen molar-refractivity contribution in [2.75, 3.05) is 29.5 Å². The van der Waals surface area contributed by atoms with Crippen molar-refractivity contribution >= 4 is 45.9 Å². The Morgan fingerprint density at radius 3 is 2.73 bits per heavy atom. The smallest absolute Gasteiger partial charge is 0.319 e. The van der Waals surface area contributed by atoms with Crippen LogP contribution < -0.4 is 27.2 Å². The van der Waals surface area contributed by atoms with Crippen LogP contribution in [0, 0.1) is 16.7 Å².